The van der Waals surface area contributed by atoms with Gasteiger partial charge in [-0.3, -0.25) is 9.89 Å². The monoisotopic (exact) mass is 206 g/mol. The summed E-state index contributed by atoms with van der Waals surface area (Å²) in [6.45, 7) is 2.17. The summed E-state index contributed by atoms with van der Waals surface area (Å²) >= 11 is 0. The molecule has 0 saturated carbocycles. The first-order valence-corrected chi connectivity index (χ1v) is 4.66. The molecule has 2 aromatic rings. The molecule has 0 fully saturated rings. The van der Waals surface area contributed by atoms with Gasteiger partial charge in [-0.25, -0.2) is 9.07 Å². The minimum atomic E-state index is -0.288. The van der Waals surface area contributed by atoms with E-state index in [0.717, 1.165) is 11.3 Å². The normalized spacial score (nSPS) is 10.5. The zero-order valence-electron chi connectivity index (χ0n) is 8.33. The van der Waals surface area contributed by atoms with Crippen molar-refractivity contribution in [2.75, 3.05) is 0 Å². The van der Waals surface area contributed by atoms with Crippen LogP contribution in [0.4, 0.5) is 4.39 Å². The third-order valence-electron chi connectivity index (χ3n) is 2.15. The second kappa shape index (κ2) is 3.73. The van der Waals surface area contributed by atoms with Crippen molar-refractivity contribution in [2.45, 2.75) is 13.5 Å². The molecule has 15 heavy (non-hydrogen) atoms. The highest BCUT2D eigenvalue weighted by Crippen LogP contribution is 2.04. The number of aromatic nitrogens is 2. The third-order valence-corrected chi connectivity index (χ3v) is 2.15. The summed E-state index contributed by atoms with van der Waals surface area (Å²) in [4.78, 5) is 11.4. The van der Waals surface area contributed by atoms with E-state index in [9.17, 15) is 9.18 Å². The molecule has 0 radical (unpaired) electrons. The Hall–Kier alpha value is -1.84. The van der Waals surface area contributed by atoms with E-state index in [4.69, 9.17) is 0 Å². The Bertz CT molecular complexity index is 527. The van der Waals surface area contributed by atoms with Crippen LogP contribution in [0.5, 0.6) is 0 Å². The number of aromatic amines is 1. The SMILES string of the molecule is Cc1cc(=O)n(Cc2cccc(F)c2)[nH]1. The van der Waals surface area contributed by atoms with Crippen molar-refractivity contribution in [3.05, 3.63) is 57.8 Å². The standard InChI is InChI=1S/C11H11FN2O/c1-8-5-11(15)14(13-8)7-9-3-2-4-10(12)6-9/h2-6,13H,7H2,1H3. The van der Waals surface area contributed by atoms with Crippen LogP contribution in [0.25, 0.3) is 0 Å². The van der Waals surface area contributed by atoms with E-state index in [0.29, 0.717) is 6.54 Å². The molecule has 0 atom stereocenters. The predicted octanol–water partition coefficient (Wildman–Crippen LogP) is 1.67. The average molecular weight is 206 g/mol. The molecule has 78 valence electrons. The first-order valence-electron chi connectivity index (χ1n) is 4.66. The second-order valence-electron chi connectivity index (χ2n) is 3.49. The van der Waals surface area contributed by atoms with Crippen LogP contribution >= 0.6 is 0 Å². The van der Waals surface area contributed by atoms with Crippen molar-refractivity contribution in [2.24, 2.45) is 0 Å². The fourth-order valence-electron chi connectivity index (χ4n) is 1.50. The predicted molar refractivity (Wildman–Crippen MR) is 55.3 cm³/mol. The quantitative estimate of drug-likeness (QED) is 0.797. The first kappa shape index (κ1) is 9.71. The van der Waals surface area contributed by atoms with Crippen LogP contribution in [0.2, 0.25) is 0 Å². The number of halogens is 1. The van der Waals surface area contributed by atoms with Crippen molar-refractivity contribution < 1.29 is 4.39 Å². The van der Waals surface area contributed by atoms with Crippen molar-refractivity contribution in [1.29, 1.82) is 0 Å². The lowest BCUT2D eigenvalue weighted by molar-refractivity contribution is 0.615. The number of nitrogens with one attached hydrogen (secondary N) is 1. The molecule has 0 spiro atoms. The fourth-order valence-corrected chi connectivity index (χ4v) is 1.50. The van der Waals surface area contributed by atoms with Gasteiger partial charge in [0, 0.05) is 11.8 Å². The lowest BCUT2D eigenvalue weighted by Crippen LogP contribution is -2.16. The van der Waals surface area contributed by atoms with E-state index in [1.165, 1.54) is 22.9 Å². The number of hydrogen-bond acceptors (Lipinski definition) is 1. The summed E-state index contributed by atoms with van der Waals surface area (Å²) in [5, 5.41) is 2.89. The molecule has 0 bridgehead atoms. The summed E-state index contributed by atoms with van der Waals surface area (Å²) in [6.07, 6.45) is 0. The van der Waals surface area contributed by atoms with Gasteiger partial charge in [-0.2, -0.15) is 0 Å². The number of hydrogen-bond donors (Lipinski definition) is 1. The van der Waals surface area contributed by atoms with E-state index < -0.39 is 0 Å². The second-order valence-corrected chi connectivity index (χ2v) is 3.49. The van der Waals surface area contributed by atoms with Crippen LogP contribution in [0.1, 0.15) is 11.3 Å². The Morgan fingerprint density at radius 2 is 2.20 bits per heavy atom. The molecule has 1 aromatic heterocycles. The van der Waals surface area contributed by atoms with E-state index in [-0.39, 0.29) is 11.4 Å². The first-order chi connectivity index (χ1) is 7.15. The number of rotatable bonds is 2. The molecule has 0 aliphatic rings. The molecule has 1 N–H and O–H groups in total. The Morgan fingerprint density at radius 3 is 2.80 bits per heavy atom. The van der Waals surface area contributed by atoms with Gasteiger partial charge >= 0.3 is 0 Å². The molecule has 0 aliphatic carbocycles. The molecule has 0 amide bonds. The zero-order valence-corrected chi connectivity index (χ0v) is 8.33. The molecule has 2 rings (SSSR count). The van der Waals surface area contributed by atoms with Crippen molar-refractivity contribution in [3.8, 4) is 0 Å². The van der Waals surface area contributed by atoms with Crippen molar-refractivity contribution in [3.63, 3.8) is 0 Å². The van der Waals surface area contributed by atoms with Gasteiger partial charge in [0.1, 0.15) is 5.82 Å². The minimum absolute atomic E-state index is 0.100. The summed E-state index contributed by atoms with van der Waals surface area (Å²) in [7, 11) is 0. The molecule has 0 saturated heterocycles. The number of nitrogens with zero attached hydrogens (tertiary/aromatic N) is 1. The molecular weight excluding hydrogens is 195 g/mol. The summed E-state index contributed by atoms with van der Waals surface area (Å²) in [5.41, 5.74) is 1.46. The fraction of sp³-hybridized carbons (Fsp3) is 0.182. The summed E-state index contributed by atoms with van der Waals surface area (Å²) in [5.74, 6) is -0.288. The topological polar surface area (TPSA) is 37.8 Å². The summed E-state index contributed by atoms with van der Waals surface area (Å²) < 4.78 is 14.3. The Morgan fingerprint density at radius 1 is 1.40 bits per heavy atom. The zero-order chi connectivity index (χ0) is 10.8. The molecule has 1 heterocycles. The van der Waals surface area contributed by atoms with Crippen LogP contribution in [-0.2, 0) is 6.54 Å². The number of aryl methyl sites for hydroxylation is 1. The smallest absolute Gasteiger partial charge is 0.267 e. The van der Waals surface area contributed by atoms with Gasteiger partial charge in [0.2, 0.25) is 0 Å². The Kier molecular flexibility index (Phi) is 2.41. The number of benzene rings is 1. The maximum absolute atomic E-state index is 12.9. The highest BCUT2D eigenvalue weighted by molar-refractivity contribution is 5.16. The summed E-state index contributed by atoms with van der Waals surface area (Å²) in [6, 6.07) is 7.73. The van der Waals surface area contributed by atoms with Crippen molar-refractivity contribution in [1.82, 2.24) is 9.78 Å². The highest BCUT2D eigenvalue weighted by atomic mass is 19.1. The lowest BCUT2D eigenvalue weighted by Gasteiger charge is -2.02. The van der Waals surface area contributed by atoms with Crippen LogP contribution in [-0.4, -0.2) is 9.78 Å². The molecule has 0 aliphatic heterocycles. The van der Waals surface area contributed by atoms with E-state index >= 15 is 0 Å². The highest BCUT2D eigenvalue weighted by Gasteiger charge is 2.01. The van der Waals surface area contributed by atoms with E-state index in [2.05, 4.69) is 5.10 Å². The maximum Gasteiger partial charge on any atom is 0.267 e. The van der Waals surface area contributed by atoms with Crippen LogP contribution in [0, 0.1) is 12.7 Å². The molecule has 0 unspecified atom stereocenters. The Balaban J connectivity index is 2.29. The average Bonchev–Trinajstić information content (AvgIpc) is 2.45. The lowest BCUT2D eigenvalue weighted by atomic mass is 10.2. The van der Waals surface area contributed by atoms with E-state index in [1.807, 2.05) is 6.92 Å². The third kappa shape index (κ3) is 2.15. The maximum atomic E-state index is 12.9. The molecule has 4 heteroatoms. The molecular formula is C11H11FN2O. The van der Waals surface area contributed by atoms with Gasteiger partial charge in [-0.15, -0.1) is 0 Å². The van der Waals surface area contributed by atoms with Gasteiger partial charge < -0.3 is 0 Å². The van der Waals surface area contributed by atoms with Gasteiger partial charge in [-0.1, -0.05) is 12.1 Å². The van der Waals surface area contributed by atoms with Crippen LogP contribution in [0.3, 0.4) is 0 Å². The van der Waals surface area contributed by atoms with Gasteiger partial charge in [-0.05, 0) is 24.6 Å². The van der Waals surface area contributed by atoms with Gasteiger partial charge in [0.05, 0.1) is 6.54 Å². The van der Waals surface area contributed by atoms with Crippen LogP contribution < -0.4 is 5.56 Å². The largest absolute Gasteiger partial charge is 0.300 e. The van der Waals surface area contributed by atoms with Gasteiger partial charge in [0.15, 0.2) is 0 Å². The van der Waals surface area contributed by atoms with Gasteiger partial charge in [0.25, 0.3) is 5.56 Å². The molecule has 3 nitrogen and oxygen atoms in total. The van der Waals surface area contributed by atoms with Crippen molar-refractivity contribution >= 4 is 0 Å². The minimum Gasteiger partial charge on any atom is -0.300 e. The number of H-pyrrole nitrogens is 1. The van der Waals surface area contributed by atoms with Crippen LogP contribution in [0.15, 0.2) is 35.1 Å². The van der Waals surface area contributed by atoms with E-state index in [1.54, 1.807) is 12.1 Å². The molecule has 1 aromatic carbocycles. The Labute approximate surface area is 86.2 Å².